The third-order valence-electron chi connectivity index (χ3n) is 4.24. The predicted molar refractivity (Wildman–Crippen MR) is 97.3 cm³/mol. The van der Waals surface area contributed by atoms with Crippen molar-refractivity contribution >= 4 is 17.7 Å². The van der Waals surface area contributed by atoms with Crippen LogP contribution in [-0.4, -0.2) is 34.1 Å². The smallest absolute Gasteiger partial charge is 0.254 e. The van der Waals surface area contributed by atoms with Gasteiger partial charge in [-0.1, -0.05) is 42.1 Å². The molecule has 1 aromatic heterocycles. The second-order valence-corrected chi connectivity index (χ2v) is 6.53. The van der Waals surface area contributed by atoms with Crippen molar-refractivity contribution in [2.24, 2.45) is 0 Å². The number of aromatic amines is 1. The molecule has 0 aliphatic rings. The topological polar surface area (TPSA) is 66.1 Å². The molecule has 1 amide bonds. The Morgan fingerprint density at radius 2 is 2.00 bits per heavy atom. The minimum Gasteiger partial charge on any atom is -0.339 e. The summed E-state index contributed by atoms with van der Waals surface area (Å²) in [6.45, 7) is 3.81. The van der Waals surface area contributed by atoms with Gasteiger partial charge in [-0.3, -0.25) is 9.59 Å². The van der Waals surface area contributed by atoms with Gasteiger partial charge in [0.1, 0.15) is 0 Å². The van der Waals surface area contributed by atoms with E-state index in [0.29, 0.717) is 22.8 Å². The van der Waals surface area contributed by atoms with E-state index in [-0.39, 0.29) is 23.9 Å². The second kappa shape index (κ2) is 8.15. The van der Waals surface area contributed by atoms with E-state index in [1.807, 2.05) is 50.4 Å². The zero-order valence-corrected chi connectivity index (χ0v) is 15.3. The third kappa shape index (κ3) is 4.26. The van der Waals surface area contributed by atoms with Gasteiger partial charge in [0.15, 0.2) is 5.16 Å². The van der Waals surface area contributed by atoms with Gasteiger partial charge >= 0.3 is 0 Å². The van der Waals surface area contributed by atoms with Crippen LogP contribution in [-0.2, 0) is 11.2 Å². The van der Waals surface area contributed by atoms with Crippen LogP contribution in [0.1, 0.15) is 36.2 Å². The maximum atomic E-state index is 12.5. The van der Waals surface area contributed by atoms with E-state index >= 15 is 0 Å². The van der Waals surface area contributed by atoms with Gasteiger partial charge in [-0.15, -0.1) is 0 Å². The number of thioether (sulfide) groups is 1. The number of hydrogen-bond acceptors (Lipinski definition) is 4. The maximum Gasteiger partial charge on any atom is 0.254 e. The molecular weight excluding hydrogens is 322 g/mol. The molecule has 1 heterocycles. The van der Waals surface area contributed by atoms with Crippen LogP contribution in [0, 0.1) is 6.92 Å². The van der Waals surface area contributed by atoms with Crippen LogP contribution in [0.5, 0.6) is 0 Å². The number of carbonyl (C=O) groups is 1. The Morgan fingerprint density at radius 3 is 2.58 bits per heavy atom. The fraction of sp³-hybridized carbons (Fsp3) is 0.389. The first-order valence-corrected chi connectivity index (χ1v) is 9.11. The molecule has 6 heteroatoms. The Morgan fingerprint density at radius 1 is 1.33 bits per heavy atom. The molecule has 0 aliphatic heterocycles. The van der Waals surface area contributed by atoms with Crippen molar-refractivity contribution in [3.8, 4) is 0 Å². The lowest BCUT2D eigenvalue weighted by molar-refractivity contribution is -0.131. The van der Waals surface area contributed by atoms with Crippen LogP contribution in [0.15, 0.2) is 40.3 Å². The Hall–Kier alpha value is -2.08. The molecule has 0 unspecified atom stereocenters. The lowest BCUT2D eigenvalue weighted by Crippen LogP contribution is -2.30. The third-order valence-corrected chi connectivity index (χ3v) is 4.82. The zero-order chi connectivity index (χ0) is 17.7. The molecule has 0 aliphatic carbocycles. The first kappa shape index (κ1) is 18.3. The molecule has 1 atom stereocenters. The Kier molecular flexibility index (Phi) is 6.20. The van der Waals surface area contributed by atoms with E-state index in [1.165, 1.54) is 11.8 Å². The highest BCUT2D eigenvalue weighted by Crippen LogP contribution is 2.19. The van der Waals surface area contributed by atoms with Crippen molar-refractivity contribution in [3.05, 3.63) is 57.5 Å². The summed E-state index contributed by atoms with van der Waals surface area (Å²) in [5.41, 5.74) is 2.21. The van der Waals surface area contributed by atoms with Crippen LogP contribution >= 0.6 is 11.8 Å². The molecule has 0 spiro atoms. The average Bonchev–Trinajstić information content (AvgIpc) is 2.60. The SMILES string of the molecule is CSc1nc(C)c(CCC(=O)N(C)[C@H](C)c2ccccc2)c(=O)[nH]1. The molecule has 0 bridgehead atoms. The summed E-state index contributed by atoms with van der Waals surface area (Å²) in [6.07, 6.45) is 2.55. The molecule has 0 saturated heterocycles. The number of nitrogens with one attached hydrogen (secondary N) is 1. The summed E-state index contributed by atoms with van der Waals surface area (Å²) in [4.78, 5) is 33.4. The lowest BCUT2D eigenvalue weighted by Gasteiger charge is -2.25. The number of nitrogens with zero attached hydrogens (tertiary/aromatic N) is 2. The van der Waals surface area contributed by atoms with Gasteiger partial charge in [-0.25, -0.2) is 4.98 Å². The van der Waals surface area contributed by atoms with Gasteiger partial charge in [0, 0.05) is 24.7 Å². The van der Waals surface area contributed by atoms with Crippen molar-refractivity contribution in [2.75, 3.05) is 13.3 Å². The zero-order valence-electron chi connectivity index (χ0n) is 14.5. The van der Waals surface area contributed by atoms with Crippen molar-refractivity contribution in [1.82, 2.24) is 14.9 Å². The van der Waals surface area contributed by atoms with Crippen molar-refractivity contribution in [3.63, 3.8) is 0 Å². The van der Waals surface area contributed by atoms with Gasteiger partial charge in [0.05, 0.1) is 6.04 Å². The number of rotatable bonds is 6. The van der Waals surface area contributed by atoms with E-state index in [1.54, 1.807) is 11.9 Å². The monoisotopic (exact) mass is 345 g/mol. The summed E-state index contributed by atoms with van der Waals surface area (Å²) in [7, 11) is 1.80. The number of aromatic nitrogens is 2. The van der Waals surface area contributed by atoms with E-state index in [9.17, 15) is 9.59 Å². The minimum atomic E-state index is -0.154. The number of aryl methyl sites for hydroxylation is 1. The predicted octanol–water partition coefficient (Wildman–Crippen LogP) is 2.95. The first-order chi connectivity index (χ1) is 11.4. The number of hydrogen-bond donors (Lipinski definition) is 1. The van der Waals surface area contributed by atoms with Crippen LogP contribution in [0.3, 0.4) is 0 Å². The number of carbonyl (C=O) groups excluding carboxylic acids is 1. The molecule has 0 saturated carbocycles. The van der Waals surface area contributed by atoms with Crippen LogP contribution < -0.4 is 5.56 Å². The standard InChI is InChI=1S/C18H23N3O2S/c1-12-15(17(23)20-18(19-12)24-4)10-11-16(22)21(3)13(2)14-8-6-5-7-9-14/h5-9,13H,10-11H2,1-4H3,(H,19,20,23)/t13-/m1/s1. The van der Waals surface area contributed by atoms with Crippen molar-refractivity contribution < 1.29 is 4.79 Å². The van der Waals surface area contributed by atoms with E-state index in [2.05, 4.69) is 9.97 Å². The minimum absolute atomic E-state index is 0.00456. The Labute approximate surface area is 146 Å². The van der Waals surface area contributed by atoms with Crippen LogP contribution in [0.4, 0.5) is 0 Å². The van der Waals surface area contributed by atoms with Crippen molar-refractivity contribution in [1.29, 1.82) is 0 Å². The lowest BCUT2D eigenvalue weighted by atomic mass is 10.1. The largest absolute Gasteiger partial charge is 0.339 e. The summed E-state index contributed by atoms with van der Waals surface area (Å²) >= 11 is 1.39. The van der Waals surface area contributed by atoms with E-state index in [4.69, 9.17) is 0 Å². The molecule has 24 heavy (non-hydrogen) atoms. The molecule has 128 valence electrons. The highest BCUT2D eigenvalue weighted by molar-refractivity contribution is 7.98. The van der Waals surface area contributed by atoms with Gasteiger partial charge in [-0.2, -0.15) is 0 Å². The summed E-state index contributed by atoms with van der Waals surface area (Å²) < 4.78 is 0. The molecule has 5 nitrogen and oxygen atoms in total. The van der Waals surface area contributed by atoms with Gasteiger partial charge < -0.3 is 9.88 Å². The van der Waals surface area contributed by atoms with Gasteiger partial charge in [0.25, 0.3) is 5.56 Å². The molecule has 1 aromatic carbocycles. The molecule has 2 rings (SSSR count). The number of benzene rings is 1. The average molecular weight is 345 g/mol. The second-order valence-electron chi connectivity index (χ2n) is 5.73. The Bertz CT molecular complexity index is 759. The molecular formula is C18H23N3O2S. The quantitative estimate of drug-likeness (QED) is 0.646. The van der Waals surface area contributed by atoms with Crippen LogP contribution in [0.2, 0.25) is 0 Å². The number of H-pyrrole nitrogens is 1. The summed E-state index contributed by atoms with van der Waals surface area (Å²) in [5, 5.41) is 0.599. The first-order valence-electron chi connectivity index (χ1n) is 7.88. The fourth-order valence-corrected chi connectivity index (χ4v) is 2.98. The van der Waals surface area contributed by atoms with Crippen molar-refractivity contribution in [2.45, 2.75) is 37.9 Å². The normalized spacial score (nSPS) is 12.0. The van der Waals surface area contributed by atoms with Crippen LogP contribution in [0.25, 0.3) is 0 Å². The fourth-order valence-electron chi connectivity index (χ4n) is 2.56. The maximum absolute atomic E-state index is 12.5. The Balaban J connectivity index is 2.04. The molecule has 2 aromatic rings. The summed E-state index contributed by atoms with van der Waals surface area (Å²) in [5.74, 6) is 0.0131. The van der Waals surface area contributed by atoms with E-state index < -0.39 is 0 Å². The molecule has 0 radical (unpaired) electrons. The molecule has 0 fully saturated rings. The highest BCUT2D eigenvalue weighted by Gasteiger charge is 2.18. The van der Waals surface area contributed by atoms with E-state index in [0.717, 1.165) is 5.56 Å². The highest BCUT2D eigenvalue weighted by atomic mass is 32.2. The van der Waals surface area contributed by atoms with Gasteiger partial charge in [-0.05, 0) is 32.1 Å². The number of amides is 1. The summed E-state index contributed by atoms with van der Waals surface area (Å²) in [6, 6.07) is 9.90. The molecule has 1 N–H and O–H groups in total. The van der Waals surface area contributed by atoms with Gasteiger partial charge in [0.2, 0.25) is 5.91 Å².